The standard InChI is InChI=1S/C21H21N3O.C4H9NO/c1-3-24-20-12-16(25-2)5-4-6-17(20)18(13-22)21(24)15-7-8-19-14(11-15)9-10-23-19;1-4(2)5-3-6/h5-8,11-12,23H,3-4,9-10H2,1-2H3;3-4H,1-2H3,(H,5,6). The zero-order valence-corrected chi connectivity index (χ0v) is 18.7. The third-order valence-corrected chi connectivity index (χ3v) is 5.42. The van der Waals surface area contributed by atoms with E-state index >= 15 is 0 Å². The number of benzene rings is 1. The number of nitrogens with one attached hydrogen (secondary N) is 2. The van der Waals surface area contributed by atoms with Crippen LogP contribution in [0.2, 0.25) is 0 Å². The van der Waals surface area contributed by atoms with Gasteiger partial charge in [-0.15, -0.1) is 0 Å². The highest BCUT2D eigenvalue weighted by Gasteiger charge is 2.19. The van der Waals surface area contributed by atoms with Gasteiger partial charge in [-0.2, -0.15) is 5.26 Å². The lowest BCUT2D eigenvalue weighted by Crippen LogP contribution is -2.29. The Hall–Kier alpha value is -3.46. The number of nitriles is 1. The number of methoxy groups -OCH3 is 1. The van der Waals surface area contributed by atoms with Gasteiger partial charge >= 0.3 is 0 Å². The Labute approximate surface area is 183 Å². The number of aromatic nitrogens is 1. The van der Waals surface area contributed by atoms with Crippen LogP contribution in [0.5, 0.6) is 0 Å². The van der Waals surface area contributed by atoms with Gasteiger partial charge in [0.25, 0.3) is 0 Å². The number of hydrogen-bond donors (Lipinski definition) is 2. The van der Waals surface area contributed by atoms with Crippen LogP contribution in [0.1, 0.15) is 38.3 Å². The van der Waals surface area contributed by atoms with Crippen LogP contribution >= 0.6 is 0 Å². The van der Waals surface area contributed by atoms with E-state index in [9.17, 15) is 10.1 Å². The number of fused-ring (bicyclic) bond motifs is 2. The number of carbonyl (C=O) groups is 1. The third kappa shape index (κ3) is 4.66. The molecule has 1 aromatic heterocycles. The second-order valence-electron chi connectivity index (χ2n) is 7.76. The van der Waals surface area contributed by atoms with Crippen LogP contribution in [-0.2, 0) is 22.5 Å². The lowest BCUT2D eigenvalue weighted by Gasteiger charge is -2.10. The summed E-state index contributed by atoms with van der Waals surface area (Å²) < 4.78 is 7.69. The fraction of sp³-hybridized carbons (Fsp3) is 0.360. The molecule has 31 heavy (non-hydrogen) atoms. The molecule has 2 N–H and O–H groups in total. The van der Waals surface area contributed by atoms with E-state index in [0.717, 1.165) is 59.1 Å². The van der Waals surface area contributed by atoms with Gasteiger partial charge in [0.15, 0.2) is 0 Å². The monoisotopic (exact) mass is 418 g/mol. The highest BCUT2D eigenvalue weighted by atomic mass is 16.5. The molecule has 162 valence electrons. The van der Waals surface area contributed by atoms with Crippen molar-refractivity contribution in [3.63, 3.8) is 0 Å². The van der Waals surface area contributed by atoms with Crippen LogP contribution in [0.4, 0.5) is 5.69 Å². The summed E-state index contributed by atoms with van der Waals surface area (Å²) in [5.41, 5.74) is 5.41. The lowest BCUT2D eigenvalue weighted by molar-refractivity contribution is -0.109. The minimum atomic E-state index is 0.280. The molecule has 6 heteroatoms. The van der Waals surface area contributed by atoms with Gasteiger partial charge in [-0.1, -0.05) is 12.1 Å². The van der Waals surface area contributed by atoms with E-state index in [1.165, 1.54) is 11.3 Å². The Morgan fingerprint density at radius 1 is 1.35 bits per heavy atom. The molecule has 0 radical (unpaired) electrons. The summed E-state index contributed by atoms with van der Waals surface area (Å²) in [5.74, 6) is 0.844. The van der Waals surface area contributed by atoms with E-state index < -0.39 is 0 Å². The first-order chi connectivity index (χ1) is 15.0. The topological polar surface area (TPSA) is 79.1 Å². The molecule has 1 aliphatic heterocycles. The highest BCUT2D eigenvalue weighted by molar-refractivity contribution is 5.74. The molecule has 0 saturated heterocycles. The molecule has 0 unspecified atom stereocenters. The van der Waals surface area contributed by atoms with Crippen molar-refractivity contribution in [2.75, 3.05) is 19.0 Å². The Balaban J connectivity index is 0.000000401. The molecule has 4 rings (SSSR count). The predicted molar refractivity (Wildman–Crippen MR) is 125 cm³/mol. The number of anilines is 1. The molecular formula is C25H30N4O2. The first-order valence-electron chi connectivity index (χ1n) is 10.7. The van der Waals surface area contributed by atoms with Crippen molar-refractivity contribution in [1.29, 1.82) is 5.26 Å². The Bertz CT molecular complexity index is 1150. The molecule has 0 atom stereocenters. The molecule has 2 heterocycles. The smallest absolute Gasteiger partial charge is 0.207 e. The van der Waals surface area contributed by atoms with Crippen molar-refractivity contribution in [3.8, 4) is 17.3 Å². The van der Waals surface area contributed by atoms with Crippen molar-refractivity contribution < 1.29 is 9.53 Å². The average molecular weight is 419 g/mol. The minimum Gasteiger partial charge on any atom is -0.497 e. The average Bonchev–Trinajstić information content (AvgIpc) is 3.28. The Morgan fingerprint density at radius 2 is 2.16 bits per heavy atom. The number of nitrogens with zero attached hydrogens (tertiary/aromatic N) is 2. The van der Waals surface area contributed by atoms with Gasteiger partial charge in [0.05, 0.1) is 23.7 Å². The summed E-state index contributed by atoms with van der Waals surface area (Å²) in [7, 11) is 1.69. The van der Waals surface area contributed by atoms with Gasteiger partial charge in [-0.25, -0.2) is 0 Å². The van der Waals surface area contributed by atoms with Gasteiger partial charge in [0.2, 0.25) is 6.41 Å². The summed E-state index contributed by atoms with van der Waals surface area (Å²) in [4.78, 5) is 9.50. The van der Waals surface area contributed by atoms with Crippen LogP contribution in [0.15, 0.2) is 30.0 Å². The molecule has 6 nitrogen and oxygen atoms in total. The van der Waals surface area contributed by atoms with Crippen LogP contribution in [-0.4, -0.2) is 30.7 Å². The summed E-state index contributed by atoms with van der Waals surface area (Å²) >= 11 is 0. The largest absolute Gasteiger partial charge is 0.497 e. The maximum atomic E-state index is 9.90. The van der Waals surface area contributed by atoms with Gasteiger partial charge in [-0.3, -0.25) is 4.79 Å². The van der Waals surface area contributed by atoms with Crippen molar-refractivity contribution >= 4 is 24.2 Å². The van der Waals surface area contributed by atoms with Gasteiger partial charge in [0, 0.05) is 36.1 Å². The molecule has 1 aliphatic carbocycles. The van der Waals surface area contributed by atoms with Crippen molar-refractivity contribution in [2.24, 2.45) is 0 Å². The number of ether oxygens (including phenoxy) is 1. The van der Waals surface area contributed by atoms with E-state index in [-0.39, 0.29) is 6.04 Å². The highest BCUT2D eigenvalue weighted by Crippen LogP contribution is 2.29. The van der Waals surface area contributed by atoms with Crippen LogP contribution < -0.4 is 21.2 Å². The lowest BCUT2D eigenvalue weighted by atomic mass is 10.0. The Kier molecular flexibility index (Phi) is 7.19. The van der Waals surface area contributed by atoms with Gasteiger partial charge in [-0.05, 0) is 62.9 Å². The van der Waals surface area contributed by atoms with Crippen LogP contribution in [0, 0.1) is 11.3 Å². The maximum absolute atomic E-state index is 9.90. The first kappa shape index (κ1) is 22.2. The molecule has 1 aromatic carbocycles. The Morgan fingerprint density at radius 3 is 2.77 bits per heavy atom. The van der Waals surface area contributed by atoms with Gasteiger partial charge < -0.3 is 19.9 Å². The zero-order valence-electron chi connectivity index (χ0n) is 18.7. The third-order valence-electron chi connectivity index (χ3n) is 5.42. The van der Waals surface area contributed by atoms with Crippen molar-refractivity contribution in [1.82, 2.24) is 9.88 Å². The van der Waals surface area contributed by atoms with E-state index in [1.54, 1.807) is 7.11 Å². The van der Waals surface area contributed by atoms with Crippen molar-refractivity contribution in [3.05, 3.63) is 51.7 Å². The summed E-state index contributed by atoms with van der Waals surface area (Å²) in [6, 6.07) is 9.21. The quantitative estimate of drug-likeness (QED) is 0.732. The zero-order chi connectivity index (χ0) is 22.4. The number of hydrogen-bond acceptors (Lipinski definition) is 4. The number of rotatable bonds is 5. The van der Waals surface area contributed by atoms with E-state index in [1.807, 2.05) is 26.0 Å². The first-order valence-corrected chi connectivity index (χ1v) is 10.7. The number of carbonyl (C=O) groups excluding carboxylic acids is 1. The van der Waals surface area contributed by atoms with E-state index in [0.29, 0.717) is 6.41 Å². The van der Waals surface area contributed by atoms with E-state index in [2.05, 4.69) is 52.5 Å². The summed E-state index contributed by atoms with van der Waals surface area (Å²) in [6.45, 7) is 7.73. The normalized spacial score (nSPS) is 13.6. The van der Waals surface area contributed by atoms with Crippen LogP contribution in [0.25, 0.3) is 23.4 Å². The van der Waals surface area contributed by atoms with Crippen molar-refractivity contribution in [2.45, 2.75) is 46.2 Å². The predicted octanol–water partition coefficient (Wildman–Crippen LogP) is 2.65. The SMILES string of the molecule is CC(C)NC=O.CCn1c(-c2ccc3c(c2)CCN3)c(C#N)c2c1=CC(OC)=CCC=2. The molecule has 0 fully saturated rings. The molecule has 0 saturated carbocycles. The second kappa shape index (κ2) is 10.0. The molecule has 0 bridgehead atoms. The number of amides is 1. The fourth-order valence-corrected chi connectivity index (χ4v) is 3.98. The molecule has 0 spiro atoms. The van der Waals surface area contributed by atoms with Gasteiger partial charge in [0.1, 0.15) is 11.8 Å². The summed E-state index contributed by atoms with van der Waals surface area (Å²) in [5, 5.41) is 17.9. The molecule has 2 aromatic rings. The summed E-state index contributed by atoms with van der Waals surface area (Å²) in [6.07, 6.45) is 8.71. The molecule has 1 amide bonds. The second-order valence-corrected chi connectivity index (χ2v) is 7.76. The number of allylic oxidation sites excluding steroid dienone is 2. The fourth-order valence-electron chi connectivity index (χ4n) is 3.98. The molecular weight excluding hydrogens is 388 g/mol. The minimum absolute atomic E-state index is 0.280. The maximum Gasteiger partial charge on any atom is 0.207 e. The molecule has 2 aliphatic rings. The van der Waals surface area contributed by atoms with Crippen LogP contribution in [0.3, 0.4) is 0 Å². The van der Waals surface area contributed by atoms with E-state index in [4.69, 9.17) is 4.74 Å².